The van der Waals surface area contributed by atoms with Crippen molar-refractivity contribution in [2.45, 2.75) is 68.1 Å². The normalized spacial score (nSPS) is 23.1. The number of aliphatic hydroxyl groups is 5. The minimum Gasteiger partial charge on any atom is -0.388 e. The largest absolute Gasteiger partial charge is 0.481 e. The first-order valence-electron chi connectivity index (χ1n) is 15.6. The molecule has 0 bridgehead atoms. The molecule has 9 atom stereocenters. The Morgan fingerprint density at radius 3 is 2.44 bits per heavy atom. The van der Waals surface area contributed by atoms with Crippen molar-refractivity contribution in [3.05, 3.63) is 50.7 Å². The van der Waals surface area contributed by atoms with Gasteiger partial charge in [-0.2, -0.15) is 9.29 Å². The highest BCUT2D eigenvalue weighted by atomic mass is 32.1. The number of nitrogens with one attached hydrogen (secondary N) is 2. The Hall–Kier alpha value is -3.78. The second kappa shape index (κ2) is 15.0. The summed E-state index contributed by atoms with van der Waals surface area (Å²) in [6, 6.07) is 1.64. The third kappa shape index (κ3) is 7.82. The number of benzene rings is 1. The van der Waals surface area contributed by atoms with Crippen LogP contribution in [-0.4, -0.2) is 120 Å². The SMILES string of the molecule is Cc1cc2c(nc3c(=O)[nH]c(=O)[nH]c3[n+]2C[C@H](O)[C@H](O)[C@H](O)COP(=O)(O)OP(=O)(O)OC[C@H]2O[C@@H](n3cnc4c(N)ncnc43)[C@H](O)[C@@H]2O)c(S)c1C. The number of thiol groups is 1. The zero-order chi connectivity index (χ0) is 39.4. The van der Waals surface area contributed by atoms with Crippen LogP contribution in [0.25, 0.3) is 33.4 Å². The van der Waals surface area contributed by atoms with E-state index in [1.807, 2.05) is 4.98 Å². The van der Waals surface area contributed by atoms with Gasteiger partial charge in [0.2, 0.25) is 5.52 Å². The first-order chi connectivity index (χ1) is 25.3. The Kier molecular flexibility index (Phi) is 11.1. The lowest BCUT2D eigenvalue weighted by Crippen LogP contribution is -2.51. The number of nitrogens with two attached hydrogens (primary N) is 1. The molecule has 5 aromatic rings. The van der Waals surface area contributed by atoms with E-state index in [0.717, 1.165) is 17.5 Å². The van der Waals surface area contributed by atoms with Crippen molar-refractivity contribution in [1.29, 1.82) is 0 Å². The number of nitrogen functional groups attached to an aromatic ring is 1. The van der Waals surface area contributed by atoms with Crippen LogP contribution in [0.4, 0.5) is 5.82 Å². The third-order valence-electron chi connectivity index (χ3n) is 8.62. The summed E-state index contributed by atoms with van der Waals surface area (Å²) in [5.41, 5.74) is 5.86. The summed E-state index contributed by atoms with van der Waals surface area (Å²) < 4.78 is 46.7. The van der Waals surface area contributed by atoms with E-state index in [-0.39, 0.29) is 39.2 Å². The van der Waals surface area contributed by atoms with Crippen molar-refractivity contribution in [2.75, 3.05) is 18.9 Å². The summed E-state index contributed by atoms with van der Waals surface area (Å²) in [6.07, 6.45) is -9.97. The summed E-state index contributed by atoms with van der Waals surface area (Å²) in [5, 5.41) is 53.2. The molecule has 24 nitrogen and oxygen atoms in total. The predicted octanol–water partition coefficient (Wildman–Crippen LogP) is -2.67. The van der Waals surface area contributed by atoms with Gasteiger partial charge < -0.3 is 45.8 Å². The fourth-order valence-corrected chi connectivity index (χ4v) is 8.13. The van der Waals surface area contributed by atoms with Crippen LogP contribution in [0, 0.1) is 13.8 Å². The Balaban J connectivity index is 1.09. The van der Waals surface area contributed by atoms with Gasteiger partial charge in [0.25, 0.3) is 5.56 Å². The van der Waals surface area contributed by atoms with Gasteiger partial charge in [-0.05, 0) is 31.0 Å². The molecule has 0 radical (unpaired) electrons. The summed E-state index contributed by atoms with van der Waals surface area (Å²) in [6.45, 7) is 0.735. The number of ether oxygens (including phenoxy) is 1. The van der Waals surface area contributed by atoms with Crippen LogP contribution in [0.3, 0.4) is 0 Å². The Bertz CT molecular complexity index is 2470. The van der Waals surface area contributed by atoms with Crippen LogP contribution in [0.2, 0.25) is 0 Å². The van der Waals surface area contributed by atoms with Crippen LogP contribution in [0.5, 0.6) is 0 Å². The van der Waals surface area contributed by atoms with Crippen molar-refractivity contribution in [2.24, 2.45) is 0 Å². The number of phosphoric ester groups is 2. The summed E-state index contributed by atoms with van der Waals surface area (Å²) in [5.74, 6) is 0.0282. The standard InChI is InChI=1S/C27H33N9O15P2S/c1-9-3-11-15(21(54)10(9)2)32-17-24(33-27(43)34-25(17)42)35(11)4-12(37)18(39)13(38)5-48-52(44,45)51-53(46,47)49-6-14-19(40)20(41)26(50-14)36-8-31-16-22(28)29-7-30-23(16)36/h3,7-8,12-14,18-20,26,37-41H,4-6H2,1-2H3,(H6,28,29,30,33,34,42,43,44,45,46,47,54)/p+1/t12-,13+,14+,18-,19+,20+,26+/m0/s1. The molecule has 0 saturated carbocycles. The molecular formula is C27H34N9O15P2S+. The van der Waals surface area contributed by atoms with Gasteiger partial charge in [0, 0.05) is 4.90 Å². The fourth-order valence-electron chi connectivity index (χ4n) is 5.69. The van der Waals surface area contributed by atoms with Gasteiger partial charge >= 0.3 is 27.0 Å². The average molecular weight is 819 g/mol. The fraction of sp³-hybridized carbons (Fsp3) is 0.444. The lowest BCUT2D eigenvalue weighted by atomic mass is 10.1. The number of nitrogens with zero attached hydrogens (tertiary/aromatic N) is 6. The van der Waals surface area contributed by atoms with Gasteiger partial charge in [-0.1, -0.05) is 0 Å². The minimum atomic E-state index is -5.55. The Labute approximate surface area is 306 Å². The number of rotatable bonds is 13. The first kappa shape index (κ1) is 39.9. The molecule has 0 spiro atoms. The van der Waals surface area contributed by atoms with E-state index in [1.165, 1.54) is 15.5 Å². The van der Waals surface area contributed by atoms with Crippen molar-refractivity contribution in [1.82, 2.24) is 34.5 Å². The highest BCUT2D eigenvalue weighted by Gasteiger charge is 2.46. The number of imidazole rings is 1. The number of phosphoric acid groups is 2. The van der Waals surface area contributed by atoms with Gasteiger partial charge in [0.15, 0.2) is 23.2 Å². The van der Waals surface area contributed by atoms with Crippen molar-refractivity contribution in [3.8, 4) is 0 Å². The van der Waals surface area contributed by atoms with Crippen LogP contribution in [0.1, 0.15) is 17.4 Å². The zero-order valence-electron chi connectivity index (χ0n) is 27.9. The number of H-pyrrole nitrogens is 2. The highest BCUT2D eigenvalue weighted by Crippen LogP contribution is 2.60. The number of hydrogen-bond acceptors (Lipinski definition) is 19. The van der Waals surface area contributed by atoms with Crippen LogP contribution >= 0.6 is 28.3 Å². The van der Waals surface area contributed by atoms with Crippen LogP contribution < -0.4 is 21.5 Å². The molecule has 6 rings (SSSR count). The molecular weight excluding hydrogens is 784 g/mol. The van der Waals surface area contributed by atoms with Crippen LogP contribution in [-0.2, 0) is 33.8 Å². The van der Waals surface area contributed by atoms with E-state index in [1.54, 1.807) is 19.9 Å². The number of aryl methyl sites for hydroxylation is 1. The molecule has 292 valence electrons. The predicted molar refractivity (Wildman–Crippen MR) is 184 cm³/mol. The second-order valence-electron chi connectivity index (χ2n) is 12.2. The molecule has 0 amide bonds. The number of anilines is 1. The quantitative estimate of drug-likeness (QED) is 0.0250. The molecule has 1 aliphatic rings. The number of aliphatic hydroxyl groups excluding tert-OH is 5. The maximum Gasteiger partial charge on any atom is 0.481 e. The van der Waals surface area contributed by atoms with E-state index in [2.05, 4.69) is 46.4 Å². The van der Waals surface area contributed by atoms with E-state index in [0.29, 0.717) is 4.90 Å². The monoisotopic (exact) mass is 818 g/mol. The summed E-state index contributed by atoms with van der Waals surface area (Å²) in [4.78, 5) is 66.0. The van der Waals surface area contributed by atoms with Gasteiger partial charge in [-0.3, -0.25) is 23.4 Å². The third-order valence-corrected chi connectivity index (χ3v) is 11.8. The maximum atomic E-state index is 12.6. The van der Waals surface area contributed by atoms with E-state index in [4.69, 9.17) is 15.0 Å². The lowest BCUT2D eigenvalue weighted by molar-refractivity contribution is -0.657. The van der Waals surface area contributed by atoms with Gasteiger partial charge in [-0.15, -0.1) is 12.6 Å². The second-order valence-corrected chi connectivity index (χ2v) is 15.7. The molecule has 54 heavy (non-hydrogen) atoms. The Morgan fingerprint density at radius 2 is 1.72 bits per heavy atom. The minimum absolute atomic E-state index is 0.0282. The Morgan fingerprint density at radius 1 is 1.02 bits per heavy atom. The molecule has 1 fully saturated rings. The topological polar surface area (TPSA) is 365 Å². The molecule has 5 heterocycles. The lowest BCUT2D eigenvalue weighted by Gasteiger charge is -2.24. The molecule has 27 heteroatoms. The highest BCUT2D eigenvalue weighted by molar-refractivity contribution is 7.80. The van der Waals surface area contributed by atoms with E-state index in [9.17, 15) is 54.0 Å². The number of aromatic nitrogens is 8. The van der Waals surface area contributed by atoms with Crippen molar-refractivity contribution < 1.29 is 67.1 Å². The molecule has 1 aliphatic heterocycles. The summed E-state index contributed by atoms with van der Waals surface area (Å²) >= 11 is 4.51. The van der Waals surface area contributed by atoms with Crippen molar-refractivity contribution in [3.63, 3.8) is 0 Å². The molecule has 0 aliphatic carbocycles. The number of fused-ring (bicyclic) bond motifs is 3. The number of aromatic amines is 2. The zero-order valence-corrected chi connectivity index (χ0v) is 30.6. The molecule has 11 N–H and O–H groups in total. The maximum absolute atomic E-state index is 12.6. The molecule has 4 aromatic heterocycles. The van der Waals surface area contributed by atoms with Crippen molar-refractivity contribution >= 4 is 67.5 Å². The van der Waals surface area contributed by atoms with Gasteiger partial charge in [-0.25, -0.2) is 38.4 Å². The molecule has 1 aromatic carbocycles. The number of hydrogen-bond donors (Lipinski definition) is 11. The summed E-state index contributed by atoms with van der Waals surface area (Å²) in [7, 11) is -11.0. The molecule has 1 saturated heterocycles. The average Bonchev–Trinajstić information content (AvgIpc) is 3.65. The molecule has 2 unspecified atom stereocenters. The van der Waals surface area contributed by atoms with Gasteiger partial charge in [0.05, 0.1) is 19.5 Å². The van der Waals surface area contributed by atoms with Crippen LogP contribution in [0.15, 0.2) is 33.2 Å². The first-order valence-corrected chi connectivity index (χ1v) is 19.1. The van der Waals surface area contributed by atoms with E-state index >= 15 is 0 Å². The van der Waals surface area contributed by atoms with Gasteiger partial charge in [0.1, 0.15) is 60.5 Å². The smallest absolute Gasteiger partial charge is 0.388 e. The van der Waals surface area contributed by atoms with E-state index < -0.39 is 89.5 Å².